The lowest BCUT2D eigenvalue weighted by molar-refractivity contribution is -0.123. The fourth-order valence-corrected chi connectivity index (χ4v) is 4.02. The molecule has 2 amide bonds. The van der Waals surface area contributed by atoms with E-state index in [0.717, 1.165) is 53.9 Å². The van der Waals surface area contributed by atoms with E-state index in [1.807, 2.05) is 53.4 Å². The van der Waals surface area contributed by atoms with E-state index in [1.54, 1.807) is 0 Å². The minimum Gasteiger partial charge on any atom is -0.340 e. The molecule has 150 valence electrons. The van der Waals surface area contributed by atoms with Crippen LogP contribution in [0, 0.1) is 5.92 Å². The fraction of sp³-hybridized carbons (Fsp3) is 0.348. The molecule has 1 heterocycles. The number of H-pyrrole nitrogens is 1. The van der Waals surface area contributed by atoms with Crippen LogP contribution in [0.5, 0.6) is 0 Å². The molecular formula is C23H26N4O2. The molecule has 1 aliphatic carbocycles. The third-order valence-corrected chi connectivity index (χ3v) is 5.47. The van der Waals surface area contributed by atoms with E-state index >= 15 is 0 Å². The van der Waals surface area contributed by atoms with Gasteiger partial charge in [0.05, 0.1) is 17.6 Å². The molecule has 29 heavy (non-hydrogen) atoms. The van der Waals surface area contributed by atoms with E-state index in [1.165, 1.54) is 13.3 Å². The first-order valence-electron chi connectivity index (χ1n) is 10.2. The molecule has 0 unspecified atom stereocenters. The topological polar surface area (TPSA) is 78.1 Å². The van der Waals surface area contributed by atoms with E-state index < -0.39 is 0 Å². The first-order valence-corrected chi connectivity index (χ1v) is 10.2. The number of imidazole rings is 1. The van der Waals surface area contributed by atoms with Gasteiger partial charge in [0.1, 0.15) is 5.82 Å². The first-order chi connectivity index (χ1) is 14.1. The summed E-state index contributed by atoms with van der Waals surface area (Å²) in [5, 5.41) is 2.77. The number of aromatic nitrogens is 2. The highest BCUT2D eigenvalue weighted by Crippen LogP contribution is 2.29. The lowest BCUT2D eigenvalue weighted by atomic mass is 9.88. The van der Waals surface area contributed by atoms with Crippen molar-refractivity contribution in [1.29, 1.82) is 0 Å². The van der Waals surface area contributed by atoms with Crippen LogP contribution in [0.15, 0.2) is 48.5 Å². The first kappa shape index (κ1) is 19.2. The fourth-order valence-electron chi connectivity index (χ4n) is 4.02. The van der Waals surface area contributed by atoms with Crippen LogP contribution in [0.2, 0.25) is 0 Å². The predicted molar refractivity (Wildman–Crippen MR) is 115 cm³/mol. The van der Waals surface area contributed by atoms with Crippen molar-refractivity contribution in [3.8, 4) is 0 Å². The lowest BCUT2D eigenvalue weighted by Crippen LogP contribution is -2.37. The van der Waals surface area contributed by atoms with Crippen molar-refractivity contribution in [2.75, 3.05) is 10.2 Å². The number of fused-ring (bicyclic) bond motifs is 1. The summed E-state index contributed by atoms with van der Waals surface area (Å²) in [6, 6.07) is 15.3. The van der Waals surface area contributed by atoms with Crippen molar-refractivity contribution < 1.29 is 9.59 Å². The monoisotopic (exact) mass is 390 g/mol. The Balaban J connectivity index is 1.62. The van der Waals surface area contributed by atoms with Crippen molar-refractivity contribution in [1.82, 2.24) is 9.97 Å². The molecule has 2 aromatic carbocycles. The Hall–Kier alpha value is -3.15. The number of nitrogens with zero attached hydrogens (tertiary/aromatic N) is 2. The highest BCUT2D eigenvalue weighted by molar-refractivity contribution is 5.95. The Kier molecular flexibility index (Phi) is 5.60. The van der Waals surface area contributed by atoms with Crippen LogP contribution in [0.25, 0.3) is 11.0 Å². The molecule has 0 atom stereocenters. The SMILES string of the molecule is CC(=O)Nc1ccc(N(Cc2nc3ccccc3[nH]2)C(=O)C2CCCCC2)cc1. The van der Waals surface area contributed by atoms with Crippen LogP contribution < -0.4 is 10.2 Å². The molecule has 3 aromatic rings. The molecule has 4 rings (SSSR count). The summed E-state index contributed by atoms with van der Waals surface area (Å²) in [6.45, 7) is 1.87. The maximum atomic E-state index is 13.4. The van der Waals surface area contributed by atoms with Gasteiger partial charge in [0.25, 0.3) is 0 Å². The highest BCUT2D eigenvalue weighted by atomic mass is 16.2. The molecule has 1 fully saturated rings. The van der Waals surface area contributed by atoms with Crippen molar-refractivity contribution in [3.05, 3.63) is 54.4 Å². The summed E-state index contributed by atoms with van der Waals surface area (Å²) < 4.78 is 0. The molecule has 1 aliphatic rings. The Bertz CT molecular complexity index is 970. The van der Waals surface area contributed by atoms with Gasteiger partial charge in [-0.05, 0) is 49.2 Å². The van der Waals surface area contributed by atoms with Crippen LogP contribution in [0.3, 0.4) is 0 Å². The van der Waals surface area contributed by atoms with Gasteiger partial charge in [0.15, 0.2) is 0 Å². The Morgan fingerprint density at radius 2 is 1.79 bits per heavy atom. The average Bonchev–Trinajstić information content (AvgIpc) is 3.15. The number of hydrogen-bond acceptors (Lipinski definition) is 3. The highest BCUT2D eigenvalue weighted by Gasteiger charge is 2.27. The molecular weight excluding hydrogens is 364 g/mol. The second kappa shape index (κ2) is 8.47. The maximum Gasteiger partial charge on any atom is 0.230 e. The standard InChI is InChI=1S/C23H26N4O2/c1-16(28)24-18-11-13-19(14-12-18)27(23(29)17-7-3-2-4-8-17)15-22-25-20-9-5-6-10-21(20)26-22/h5-6,9-14,17H,2-4,7-8,15H2,1H3,(H,24,28)(H,25,26). The molecule has 0 bridgehead atoms. The summed E-state index contributed by atoms with van der Waals surface area (Å²) in [5.74, 6) is 0.858. The number of rotatable bonds is 5. The Morgan fingerprint density at radius 1 is 1.07 bits per heavy atom. The third-order valence-electron chi connectivity index (χ3n) is 5.47. The number of para-hydroxylation sites is 2. The summed E-state index contributed by atoms with van der Waals surface area (Å²) >= 11 is 0. The van der Waals surface area contributed by atoms with E-state index in [-0.39, 0.29) is 17.7 Å². The van der Waals surface area contributed by atoms with Crippen LogP contribution >= 0.6 is 0 Å². The van der Waals surface area contributed by atoms with Crippen LogP contribution in [0.4, 0.5) is 11.4 Å². The predicted octanol–water partition coefficient (Wildman–Crippen LogP) is 4.63. The van der Waals surface area contributed by atoms with Gasteiger partial charge in [-0.25, -0.2) is 4.98 Å². The van der Waals surface area contributed by atoms with E-state index in [0.29, 0.717) is 6.54 Å². The quantitative estimate of drug-likeness (QED) is 0.666. The zero-order chi connectivity index (χ0) is 20.2. The van der Waals surface area contributed by atoms with Gasteiger partial charge in [-0.1, -0.05) is 31.4 Å². The van der Waals surface area contributed by atoms with Gasteiger partial charge < -0.3 is 15.2 Å². The van der Waals surface area contributed by atoms with Crippen LogP contribution in [0.1, 0.15) is 44.9 Å². The normalized spacial score (nSPS) is 14.7. The smallest absolute Gasteiger partial charge is 0.230 e. The van der Waals surface area contributed by atoms with Gasteiger partial charge in [-0.2, -0.15) is 0 Å². The van der Waals surface area contributed by atoms with Gasteiger partial charge >= 0.3 is 0 Å². The Labute approximate surface area is 170 Å². The van der Waals surface area contributed by atoms with Crippen molar-refractivity contribution in [3.63, 3.8) is 0 Å². The lowest BCUT2D eigenvalue weighted by Gasteiger charge is -2.29. The maximum absolute atomic E-state index is 13.4. The molecule has 2 N–H and O–H groups in total. The molecule has 0 aliphatic heterocycles. The third kappa shape index (κ3) is 4.47. The molecule has 0 spiro atoms. The molecule has 1 saturated carbocycles. The van der Waals surface area contributed by atoms with Crippen molar-refractivity contribution in [2.24, 2.45) is 5.92 Å². The van der Waals surface area contributed by atoms with Crippen molar-refractivity contribution in [2.45, 2.75) is 45.6 Å². The summed E-state index contributed by atoms with van der Waals surface area (Å²) in [7, 11) is 0. The van der Waals surface area contributed by atoms with Gasteiger partial charge in [0, 0.05) is 24.2 Å². The zero-order valence-corrected chi connectivity index (χ0v) is 16.6. The van der Waals surface area contributed by atoms with E-state index in [4.69, 9.17) is 0 Å². The average molecular weight is 390 g/mol. The van der Waals surface area contributed by atoms with E-state index in [2.05, 4.69) is 15.3 Å². The summed E-state index contributed by atoms with van der Waals surface area (Å²) in [5.41, 5.74) is 3.40. The van der Waals surface area contributed by atoms with Crippen LogP contribution in [-0.2, 0) is 16.1 Å². The number of carbonyl (C=O) groups excluding carboxylic acids is 2. The minimum atomic E-state index is -0.116. The number of benzene rings is 2. The summed E-state index contributed by atoms with van der Waals surface area (Å²) in [4.78, 5) is 34.5. The molecule has 0 radical (unpaired) electrons. The van der Waals surface area contributed by atoms with Gasteiger partial charge in [-0.15, -0.1) is 0 Å². The minimum absolute atomic E-state index is 0.0585. The molecule has 6 heteroatoms. The van der Waals surface area contributed by atoms with Gasteiger partial charge in [0.2, 0.25) is 11.8 Å². The largest absolute Gasteiger partial charge is 0.340 e. The summed E-state index contributed by atoms with van der Waals surface area (Å²) in [6.07, 6.45) is 5.31. The molecule has 6 nitrogen and oxygen atoms in total. The van der Waals surface area contributed by atoms with Gasteiger partial charge in [-0.3, -0.25) is 9.59 Å². The number of carbonyl (C=O) groups is 2. The molecule has 1 aromatic heterocycles. The molecule has 0 saturated heterocycles. The van der Waals surface area contributed by atoms with Crippen LogP contribution in [-0.4, -0.2) is 21.8 Å². The number of anilines is 2. The second-order valence-electron chi connectivity index (χ2n) is 7.69. The zero-order valence-electron chi connectivity index (χ0n) is 16.6. The number of hydrogen-bond donors (Lipinski definition) is 2. The Morgan fingerprint density at radius 3 is 2.48 bits per heavy atom. The number of nitrogens with one attached hydrogen (secondary N) is 2. The number of aromatic amines is 1. The second-order valence-corrected chi connectivity index (χ2v) is 7.69. The van der Waals surface area contributed by atoms with E-state index in [9.17, 15) is 9.59 Å². The number of amides is 2. The van der Waals surface area contributed by atoms with Crippen molar-refractivity contribution >= 4 is 34.2 Å².